The molecule has 1 N–H and O–H groups in total. The van der Waals surface area contributed by atoms with Crippen LogP contribution in [0.3, 0.4) is 0 Å². The van der Waals surface area contributed by atoms with E-state index in [2.05, 4.69) is 4.98 Å². The predicted molar refractivity (Wildman–Crippen MR) is 79.6 cm³/mol. The molecule has 0 aliphatic carbocycles. The second kappa shape index (κ2) is 6.29. The van der Waals surface area contributed by atoms with Gasteiger partial charge in [-0.25, -0.2) is 4.98 Å². The summed E-state index contributed by atoms with van der Waals surface area (Å²) in [6.07, 6.45) is 0.0337. The number of halogens is 1. The van der Waals surface area contributed by atoms with Gasteiger partial charge in [-0.3, -0.25) is 0 Å². The van der Waals surface area contributed by atoms with E-state index in [1.807, 2.05) is 26.8 Å². The van der Waals surface area contributed by atoms with Gasteiger partial charge in [-0.1, -0.05) is 17.7 Å². The second-order valence-electron chi connectivity index (χ2n) is 4.65. The Morgan fingerprint density at radius 3 is 2.70 bits per heavy atom. The van der Waals surface area contributed by atoms with Crippen molar-refractivity contribution < 1.29 is 14.6 Å². The number of benzene rings is 1. The molecule has 5 heteroatoms. The first-order chi connectivity index (χ1) is 9.56. The van der Waals surface area contributed by atoms with Crippen molar-refractivity contribution in [2.45, 2.75) is 33.5 Å². The summed E-state index contributed by atoms with van der Waals surface area (Å²) in [5, 5.41) is 10.5. The van der Waals surface area contributed by atoms with Crippen molar-refractivity contribution in [2.24, 2.45) is 0 Å². The summed E-state index contributed by atoms with van der Waals surface area (Å²) in [6.45, 7) is 6.18. The minimum atomic E-state index is -0.129. The van der Waals surface area contributed by atoms with Gasteiger partial charge in [-0.05, 0) is 32.4 Å². The van der Waals surface area contributed by atoms with Gasteiger partial charge in [0.1, 0.15) is 5.75 Å². The van der Waals surface area contributed by atoms with Crippen LogP contribution >= 0.6 is 11.6 Å². The third kappa shape index (κ3) is 2.97. The van der Waals surface area contributed by atoms with E-state index in [4.69, 9.17) is 21.1 Å². The van der Waals surface area contributed by atoms with Gasteiger partial charge in [0, 0.05) is 11.5 Å². The van der Waals surface area contributed by atoms with Crippen LogP contribution in [0.1, 0.15) is 26.3 Å². The Hall–Kier alpha value is -1.52. The first kappa shape index (κ1) is 14.9. The molecule has 1 heterocycles. The molecule has 0 atom stereocenters. The van der Waals surface area contributed by atoms with Crippen molar-refractivity contribution >= 4 is 22.5 Å². The van der Waals surface area contributed by atoms with Crippen LogP contribution in [0.5, 0.6) is 11.6 Å². The van der Waals surface area contributed by atoms with Gasteiger partial charge in [0.25, 0.3) is 0 Å². The highest BCUT2D eigenvalue weighted by molar-refractivity contribution is 6.36. The topological polar surface area (TPSA) is 51.6 Å². The molecule has 108 valence electrons. The molecule has 2 aromatic rings. The fraction of sp³-hybridized carbons (Fsp3) is 0.400. The van der Waals surface area contributed by atoms with E-state index in [-0.39, 0.29) is 12.7 Å². The number of nitrogens with zero attached hydrogens (tertiary/aromatic N) is 1. The highest BCUT2D eigenvalue weighted by atomic mass is 35.5. The molecular weight excluding hydrogens is 278 g/mol. The molecule has 1 aromatic carbocycles. The molecule has 0 saturated carbocycles. The Balaban J connectivity index is 2.66. The lowest BCUT2D eigenvalue weighted by atomic mass is 10.1. The minimum absolute atomic E-state index is 0.0337. The number of aromatic nitrogens is 1. The predicted octanol–water partition coefficient (Wildman–Crippen LogP) is 3.57. The normalized spacial score (nSPS) is 11.1. The lowest BCUT2D eigenvalue weighted by Crippen LogP contribution is -2.07. The summed E-state index contributed by atoms with van der Waals surface area (Å²) < 4.78 is 11.3. The molecular formula is C15H18ClNO3. The van der Waals surface area contributed by atoms with Crippen molar-refractivity contribution in [2.75, 3.05) is 6.61 Å². The molecule has 0 fully saturated rings. The van der Waals surface area contributed by atoms with E-state index < -0.39 is 0 Å². The zero-order valence-corrected chi connectivity index (χ0v) is 12.6. The van der Waals surface area contributed by atoms with Gasteiger partial charge < -0.3 is 14.6 Å². The Labute approximate surface area is 123 Å². The van der Waals surface area contributed by atoms with E-state index >= 15 is 0 Å². The van der Waals surface area contributed by atoms with Crippen molar-refractivity contribution in [1.82, 2.24) is 4.98 Å². The number of pyridine rings is 1. The van der Waals surface area contributed by atoms with Gasteiger partial charge in [0.15, 0.2) is 0 Å². The Kier molecular flexibility index (Phi) is 4.68. The van der Waals surface area contributed by atoms with E-state index in [9.17, 15) is 5.11 Å². The summed E-state index contributed by atoms with van der Waals surface area (Å²) in [4.78, 5) is 4.40. The van der Waals surface area contributed by atoms with Crippen LogP contribution in [-0.2, 0) is 6.61 Å². The molecule has 1 aromatic heterocycles. The lowest BCUT2D eigenvalue weighted by Gasteiger charge is -2.15. The largest absolute Gasteiger partial charge is 0.490 e. The van der Waals surface area contributed by atoms with Crippen LogP contribution < -0.4 is 9.47 Å². The van der Waals surface area contributed by atoms with Crippen molar-refractivity contribution in [3.8, 4) is 11.6 Å². The molecule has 0 spiro atoms. The average Bonchev–Trinajstić information content (AvgIpc) is 2.40. The number of aliphatic hydroxyl groups is 1. The van der Waals surface area contributed by atoms with Gasteiger partial charge in [-0.15, -0.1) is 0 Å². The first-order valence-electron chi connectivity index (χ1n) is 6.59. The Morgan fingerprint density at radius 1 is 1.35 bits per heavy atom. The molecule has 0 bridgehead atoms. The number of ether oxygens (including phenoxy) is 2. The maximum absolute atomic E-state index is 9.29. The number of rotatable bonds is 5. The average molecular weight is 296 g/mol. The molecule has 20 heavy (non-hydrogen) atoms. The third-order valence-electron chi connectivity index (χ3n) is 2.76. The third-order valence-corrected chi connectivity index (χ3v) is 3.19. The molecule has 0 aliphatic rings. The fourth-order valence-electron chi connectivity index (χ4n) is 1.94. The monoisotopic (exact) mass is 295 g/mol. The maximum atomic E-state index is 9.29. The van der Waals surface area contributed by atoms with Crippen LogP contribution in [-0.4, -0.2) is 22.8 Å². The molecule has 0 radical (unpaired) electrons. The standard InChI is InChI=1S/C15H18ClNO3/c1-4-19-13-7-12(20-9(2)3)11-6-5-10(8-18)14(16)15(11)17-13/h5-7,9,18H,4,8H2,1-3H3. The molecule has 0 unspecified atom stereocenters. The van der Waals surface area contributed by atoms with E-state index in [0.29, 0.717) is 34.3 Å². The highest BCUT2D eigenvalue weighted by Gasteiger charge is 2.14. The van der Waals surface area contributed by atoms with Crippen LogP contribution in [0.2, 0.25) is 5.02 Å². The molecule has 4 nitrogen and oxygen atoms in total. The summed E-state index contributed by atoms with van der Waals surface area (Å²) in [5.41, 5.74) is 1.22. The van der Waals surface area contributed by atoms with Crippen LogP contribution in [0.25, 0.3) is 10.9 Å². The van der Waals surface area contributed by atoms with Crippen LogP contribution in [0.15, 0.2) is 18.2 Å². The second-order valence-corrected chi connectivity index (χ2v) is 5.03. The van der Waals surface area contributed by atoms with Gasteiger partial charge >= 0.3 is 0 Å². The minimum Gasteiger partial charge on any atom is -0.490 e. The van der Waals surface area contributed by atoms with E-state index in [0.717, 1.165) is 5.39 Å². The van der Waals surface area contributed by atoms with Crippen molar-refractivity contribution in [3.05, 3.63) is 28.8 Å². The maximum Gasteiger partial charge on any atom is 0.217 e. The van der Waals surface area contributed by atoms with Gasteiger partial charge in [-0.2, -0.15) is 0 Å². The lowest BCUT2D eigenvalue weighted by molar-refractivity contribution is 0.243. The number of aliphatic hydroxyl groups excluding tert-OH is 1. The first-order valence-corrected chi connectivity index (χ1v) is 6.97. The molecule has 0 aliphatic heterocycles. The smallest absolute Gasteiger partial charge is 0.217 e. The van der Waals surface area contributed by atoms with E-state index in [1.165, 1.54) is 0 Å². The summed E-state index contributed by atoms with van der Waals surface area (Å²) in [5.74, 6) is 1.15. The molecule has 2 rings (SSSR count). The molecule has 0 saturated heterocycles. The quantitative estimate of drug-likeness (QED) is 0.916. The number of hydrogen-bond donors (Lipinski definition) is 1. The summed E-state index contributed by atoms with van der Waals surface area (Å²) in [7, 11) is 0. The molecule has 0 amide bonds. The van der Waals surface area contributed by atoms with Crippen molar-refractivity contribution in [3.63, 3.8) is 0 Å². The highest BCUT2D eigenvalue weighted by Crippen LogP contribution is 2.35. The number of hydrogen-bond acceptors (Lipinski definition) is 4. The van der Waals surface area contributed by atoms with Gasteiger partial charge in [0.2, 0.25) is 5.88 Å². The Bertz CT molecular complexity index is 614. The number of fused-ring (bicyclic) bond motifs is 1. The SMILES string of the molecule is CCOc1cc(OC(C)C)c2ccc(CO)c(Cl)c2n1. The van der Waals surface area contributed by atoms with Crippen LogP contribution in [0.4, 0.5) is 0 Å². The Morgan fingerprint density at radius 2 is 2.10 bits per heavy atom. The van der Waals surface area contributed by atoms with Crippen molar-refractivity contribution in [1.29, 1.82) is 0 Å². The van der Waals surface area contributed by atoms with Gasteiger partial charge in [0.05, 0.1) is 29.9 Å². The van der Waals surface area contributed by atoms with Crippen LogP contribution in [0, 0.1) is 0 Å². The summed E-state index contributed by atoms with van der Waals surface area (Å²) >= 11 is 6.29. The summed E-state index contributed by atoms with van der Waals surface area (Å²) in [6, 6.07) is 5.40. The zero-order valence-electron chi connectivity index (χ0n) is 11.8. The fourth-order valence-corrected chi connectivity index (χ4v) is 2.21. The van der Waals surface area contributed by atoms with E-state index in [1.54, 1.807) is 12.1 Å². The zero-order chi connectivity index (χ0) is 14.7.